The van der Waals surface area contributed by atoms with Crippen molar-refractivity contribution in [3.63, 3.8) is 0 Å². The molecular formula is C20H25FN2O4. The van der Waals surface area contributed by atoms with Crippen molar-refractivity contribution >= 4 is 12.4 Å². The van der Waals surface area contributed by atoms with Gasteiger partial charge in [-0.25, -0.2) is 4.39 Å². The Morgan fingerprint density at radius 2 is 2.15 bits per heavy atom. The Kier molecular flexibility index (Phi) is 7.10. The van der Waals surface area contributed by atoms with Gasteiger partial charge in [-0.1, -0.05) is 24.2 Å². The van der Waals surface area contributed by atoms with Crippen LogP contribution in [0.4, 0.5) is 4.39 Å². The number of aromatic nitrogens is 1. The molecule has 1 saturated heterocycles. The fourth-order valence-corrected chi connectivity index (χ4v) is 3.37. The van der Waals surface area contributed by atoms with Gasteiger partial charge < -0.3 is 14.5 Å². The minimum Gasteiger partial charge on any atom is -0.483 e. The third-order valence-electron chi connectivity index (χ3n) is 4.82. The molecule has 1 amide bonds. The summed E-state index contributed by atoms with van der Waals surface area (Å²) in [6.45, 7) is 6.68. The summed E-state index contributed by atoms with van der Waals surface area (Å²) in [6.07, 6.45) is 2.41. The normalized spacial score (nSPS) is 16.0. The Bertz CT molecular complexity index is 803. The summed E-state index contributed by atoms with van der Waals surface area (Å²) in [6, 6.07) is 5.40. The highest BCUT2D eigenvalue weighted by Gasteiger charge is 2.30. The van der Waals surface area contributed by atoms with Crippen molar-refractivity contribution < 1.29 is 23.6 Å². The summed E-state index contributed by atoms with van der Waals surface area (Å²) in [5, 5.41) is 10.9. The number of benzene rings is 1. The fourth-order valence-electron chi connectivity index (χ4n) is 3.37. The van der Waals surface area contributed by atoms with E-state index in [2.05, 4.69) is 5.16 Å². The van der Waals surface area contributed by atoms with Gasteiger partial charge in [-0.05, 0) is 56.2 Å². The van der Waals surface area contributed by atoms with Gasteiger partial charge in [-0.15, -0.1) is 0 Å². The van der Waals surface area contributed by atoms with E-state index in [0.717, 1.165) is 30.6 Å². The lowest BCUT2D eigenvalue weighted by Gasteiger charge is -2.16. The van der Waals surface area contributed by atoms with E-state index in [1.54, 1.807) is 19.9 Å². The standard InChI is InChI=1S/C19H23FN2O2.CH2O2/c1-4-17-18(13(3)24-21-17)19(23)22-8-7-15(11-22)9-14-6-5-12(2)16(20)10-14;2-1-3/h5-6,10,15H,4,7-9,11H2,1-3H3;1H,(H,2,3). The minimum atomic E-state index is -0.250. The van der Waals surface area contributed by atoms with Gasteiger partial charge >= 0.3 is 0 Å². The lowest BCUT2D eigenvalue weighted by molar-refractivity contribution is -0.122. The Hall–Kier alpha value is -2.70. The molecule has 2 heterocycles. The molecule has 27 heavy (non-hydrogen) atoms. The molecule has 1 atom stereocenters. The van der Waals surface area contributed by atoms with Crippen LogP contribution in [0.1, 0.15) is 46.3 Å². The van der Waals surface area contributed by atoms with Crippen LogP contribution >= 0.6 is 0 Å². The van der Waals surface area contributed by atoms with E-state index in [0.29, 0.717) is 35.8 Å². The van der Waals surface area contributed by atoms with E-state index < -0.39 is 0 Å². The number of carbonyl (C=O) groups is 2. The van der Waals surface area contributed by atoms with Crippen LogP contribution in [0.2, 0.25) is 0 Å². The molecular weight excluding hydrogens is 351 g/mol. The average Bonchev–Trinajstić information content (AvgIpc) is 3.25. The predicted octanol–water partition coefficient (Wildman–Crippen LogP) is 3.40. The van der Waals surface area contributed by atoms with Gasteiger partial charge in [0.15, 0.2) is 0 Å². The number of nitrogens with zero attached hydrogens (tertiary/aromatic N) is 2. The molecule has 0 aliphatic carbocycles. The highest BCUT2D eigenvalue weighted by molar-refractivity contribution is 5.96. The Labute approximate surface area is 158 Å². The van der Waals surface area contributed by atoms with E-state index in [4.69, 9.17) is 14.4 Å². The van der Waals surface area contributed by atoms with Crippen molar-refractivity contribution in [3.8, 4) is 0 Å². The molecule has 6 nitrogen and oxygen atoms in total. The first kappa shape index (κ1) is 20.6. The van der Waals surface area contributed by atoms with Crippen LogP contribution in [-0.2, 0) is 17.6 Å². The van der Waals surface area contributed by atoms with Gasteiger partial charge in [-0.2, -0.15) is 0 Å². The Morgan fingerprint density at radius 3 is 2.78 bits per heavy atom. The van der Waals surface area contributed by atoms with Gasteiger partial charge in [0.2, 0.25) is 0 Å². The second-order valence-corrected chi connectivity index (χ2v) is 6.71. The summed E-state index contributed by atoms with van der Waals surface area (Å²) in [5.41, 5.74) is 2.99. The highest BCUT2D eigenvalue weighted by Crippen LogP contribution is 2.25. The number of likely N-dealkylation sites (tertiary alicyclic amines) is 1. The lowest BCUT2D eigenvalue weighted by Crippen LogP contribution is -2.30. The van der Waals surface area contributed by atoms with Crippen molar-refractivity contribution in [2.24, 2.45) is 5.92 Å². The third-order valence-corrected chi connectivity index (χ3v) is 4.82. The fraction of sp³-hybridized carbons (Fsp3) is 0.450. The Balaban J connectivity index is 0.000000817. The molecule has 2 aromatic rings. The van der Waals surface area contributed by atoms with Crippen molar-refractivity contribution in [3.05, 3.63) is 52.2 Å². The first-order chi connectivity index (χ1) is 12.9. The quantitative estimate of drug-likeness (QED) is 0.827. The predicted molar refractivity (Wildman–Crippen MR) is 98.2 cm³/mol. The molecule has 1 fully saturated rings. The number of amides is 1. The maximum Gasteiger partial charge on any atom is 0.290 e. The topological polar surface area (TPSA) is 83.6 Å². The zero-order valence-electron chi connectivity index (χ0n) is 15.9. The van der Waals surface area contributed by atoms with Crippen LogP contribution in [0.25, 0.3) is 0 Å². The zero-order chi connectivity index (χ0) is 20.0. The molecule has 1 N–H and O–H groups in total. The minimum absolute atomic E-state index is 0.00295. The van der Waals surface area contributed by atoms with Gasteiger partial charge in [-0.3, -0.25) is 9.59 Å². The molecule has 0 spiro atoms. The van der Waals surface area contributed by atoms with Crippen molar-refractivity contribution in [1.29, 1.82) is 0 Å². The lowest BCUT2D eigenvalue weighted by atomic mass is 9.98. The number of hydrogen-bond donors (Lipinski definition) is 1. The van der Waals surface area contributed by atoms with Crippen LogP contribution in [-0.4, -0.2) is 40.6 Å². The van der Waals surface area contributed by atoms with Crippen molar-refractivity contribution in [1.82, 2.24) is 10.1 Å². The molecule has 1 aromatic carbocycles. The van der Waals surface area contributed by atoms with Crippen molar-refractivity contribution in [2.45, 2.75) is 40.0 Å². The number of rotatable bonds is 4. The number of carboxylic acid groups (broad SMARTS) is 1. The van der Waals surface area contributed by atoms with E-state index in [1.165, 1.54) is 0 Å². The Morgan fingerprint density at radius 1 is 1.44 bits per heavy atom. The first-order valence-corrected chi connectivity index (χ1v) is 8.98. The van der Waals surface area contributed by atoms with Crippen molar-refractivity contribution in [2.75, 3.05) is 13.1 Å². The van der Waals surface area contributed by atoms with Crippen LogP contribution in [0.3, 0.4) is 0 Å². The first-order valence-electron chi connectivity index (χ1n) is 8.98. The molecule has 0 bridgehead atoms. The largest absolute Gasteiger partial charge is 0.483 e. The summed E-state index contributed by atoms with van der Waals surface area (Å²) < 4.78 is 18.9. The second-order valence-electron chi connectivity index (χ2n) is 6.71. The molecule has 146 valence electrons. The summed E-state index contributed by atoms with van der Waals surface area (Å²) >= 11 is 0. The molecule has 3 rings (SSSR count). The molecule has 7 heteroatoms. The SMILES string of the molecule is CCc1noc(C)c1C(=O)N1CCC(Cc2ccc(C)c(F)c2)C1.O=CO. The highest BCUT2D eigenvalue weighted by atomic mass is 19.1. The van der Waals surface area contributed by atoms with E-state index in [1.807, 2.05) is 24.0 Å². The summed E-state index contributed by atoms with van der Waals surface area (Å²) in [7, 11) is 0. The number of halogens is 1. The molecule has 1 aliphatic heterocycles. The molecule has 0 saturated carbocycles. The maximum atomic E-state index is 13.7. The molecule has 1 aromatic heterocycles. The van der Waals surface area contributed by atoms with Gasteiger partial charge in [0.25, 0.3) is 12.4 Å². The van der Waals surface area contributed by atoms with Crippen LogP contribution in [0, 0.1) is 25.6 Å². The number of carbonyl (C=O) groups excluding carboxylic acids is 1. The summed E-state index contributed by atoms with van der Waals surface area (Å²) in [4.78, 5) is 23.0. The summed E-state index contributed by atoms with van der Waals surface area (Å²) in [5.74, 6) is 0.788. The van der Waals surface area contributed by atoms with Gasteiger partial charge in [0, 0.05) is 13.1 Å². The smallest absolute Gasteiger partial charge is 0.290 e. The monoisotopic (exact) mass is 376 g/mol. The molecule has 1 aliphatic rings. The second kappa shape index (κ2) is 9.30. The van der Waals surface area contributed by atoms with Crippen LogP contribution in [0.5, 0.6) is 0 Å². The van der Waals surface area contributed by atoms with Crippen LogP contribution in [0.15, 0.2) is 22.7 Å². The number of hydrogen-bond acceptors (Lipinski definition) is 4. The van der Waals surface area contributed by atoms with Gasteiger partial charge in [0.05, 0.1) is 5.69 Å². The molecule has 0 radical (unpaired) electrons. The zero-order valence-corrected chi connectivity index (χ0v) is 15.9. The maximum absolute atomic E-state index is 13.7. The number of aryl methyl sites for hydroxylation is 3. The third kappa shape index (κ3) is 4.93. The average molecular weight is 376 g/mol. The van der Waals surface area contributed by atoms with E-state index >= 15 is 0 Å². The van der Waals surface area contributed by atoms with Crippen LogP contribution < -0.4 is 0 Å². The van der Waals surface area contributed by atoms with E-state index in [-0.39, 0.29) is 18.2 Å². The molecule has 1 unspecified atom stereocenters. The van der Waals surface area contributed by atoms with Gasteiger partial charge in [0.1, 0.15) is 17.1 Å². The van der Waals surface area contributed by atoms with E-state index in [9.17, 15) is 9.18 Å².